The lowest BCUT2D eigenvalue weighted by atomic mass is 10.00. The molecule has 29 heavy (non-hydrogen) atoms. The van der Waals surface area contributed by atoms with Gasteiger partial charge in [-0.3, -0.25) is 4.79 Å². The summed E-state index contributed by atoms with van der Waals surface area (Å²) in [6.07, 6.45) is 2.04. The summed E-state index contributed by atoms with van der Waals surface area (Å²) in [6.45, 7) is 1.52. The predicted octanol–water partition coefficient (Wildman–Crippen LogP) is 4.70. The van der Waals surface area contributed by atoms with Crippen molar-refractivity contribution in [2.45, 2.75) is 25.9 Å². The molecule has 1 N–H and O–H groups in total. The lowest BCUT2D eigenvalue weighted by Crippen LogP contribution is -2.30. The number of anilines is 1. The van der Waals surface area contributed by atoms with E-state index in [0.717, 1.165) is 12.0 Å². The van der Waals surface area contributed by atoms with Crippen LogP contribution in [0.25, 0.3) is 0 Å². The molecular formula is C23H21ClN2O3. The summed E-state index contributed by atoms with van der Waals surface area (Å²) in [7, 11) is 0. The number of nitrogens with zero attached hydrogens (tertiary/aromatic N) is 1. The highest BCUT2D eigenvalue weighted by Crippen LogP contribution is 2.19. The van der Waals surface area contributed by atoms with Crippen LogP contribution in [-0.2, 0) is 22.4 Å². The number of aromatic nitrogens is 1. The fourth-order valence-electron chi connectivity index (χ4n) is 2.85. The van der Waals surface area contributed by atoms with Crippen LogP contribution in [0.1, 0.15) is 28.4 Å². The maximum Gasteiger partial charge on any atom is 0.339 e. The Kier molecular flexibility index (Phi) is 6.98. The van der Waals surface area contributed by atoms with Crippen LogP contribution in [-0.4, -0.2) is 23.0 Å². The highest BCUT2D eigenvalue weighted by molar-refractivity contribution is 6.32. The van der Waals surface area contributed by atoms with E-state index in [1.807, 2.05) is 30.3 Å². The molecule has 0 saturated heterocycles. The molecular weight excluding hydrogens is 388 g/mol. The van der Waals surface area contributed by atoms with Gasteiger partial charge in [0.15, 0.2) is 11.3 Å². The summed E-state index contributed by atoms with van der Waals surface area (Å²) >= 11 is 5.95. The molecule has 1 aromatic heterocycles. The van der Waals surface area contributed by atoms with Gasteiger partial charge in [0.2, 0.25) is 0 Å². The third kappa shape index (κ3) is 5.65. The molecule has 0 aliphatic heterocycles. The number of aryl methyl sites for hydroxylation is 2. The average molecular weight is 409 g/mol. The SMILES string of the molecule is CC(OC(=O)c1ccccc1CCc1ccccc1)C(=O)Nc1cccnc1Cl. The smallest absolute Gasteiger partial charge is 0.339 e. The van der Waals surface area contributed by atoms with E-state index in [-0.39, 0.29) is 5.15 Å². The van der Waals surface area contributed by atoms with E-state index in [2.05, 4.69) is 22.4 Å². The zero-order valence-corrected chi connectivity index (χ0v) is 16.7. The Hall–Kier alpha value is -3.18. The molecule has 0 fully saturated rings. The molecule has 0 aliphatic carbocycles. The average Bonchev–Trinajstić information content (AvgIpc) is 2.74. The van der Waals surface area contributed by atoms with Crippen LogP contribution >= 0.6 is 11.6 Å². The Morgan fingerprint density at radius 1 is 1.00 bits per heavy atom. The maximum atomic E-state index is 12.7. The largest absolute Gasteiger partial charge is 0.449 e. The summed E-state index contributed by atoms with van der Waals surface area (Å²) in [5.74, 6) is -1.01. The molecule has 0 bridgehead atoms. The molecule has 2 aromatic carbocycles. The van der Waals surface area contributed by atoms with Crippen LogP contribution in [0.15, 0.2) is 72.9 Å². The van der Waals surface area contributed by atoms with Gasteiger partial charge in [-0.2, -0.15) is 0 Å². The highest BCUT2D eigenvalue weighted by Gasteiger charge is 2.21. The minimum Gasteiger partial charge on any atom is -0.449 e. The lowest BCUT2D eigenvalue weighted by molar-refractivity contribution is -0.123. The number of hydrogen-bond acceptors (Lipinski definition) is 4. The van der Waals surface area contributed by atoms with Gasteiger partial charge in [-0.1, -0.05) is 60.1 Å². The number of carbonyl (C=O) groups is 2. The number of esters is 1. The van der Waals surface area contributed by atoms with Gasteiger partial charge in [0, 0.05) is 6.20 Å². The van der Waals surface area contributed by atoms with Crippen molar-refractivity contribution in [1.82, 2.24) is 4.98 Å². The number of benzene rings is 2. The fraction of sp³-hybridized carbons (Fsp3) is 0.174. The Morgan fingerprint density at radius 2 is 1.72 bits per heavy atom. The van der Waals surface area contributed by atoms with Gasteiger partial charge in [-0.05, 0) is 49.1 Å². The second-order valence-electron chi connectivity index (χ2n) is 6.52. The van der Waals surface area contributed by atoms with Gasteiger partial charge < -0.3 is 10.1 Å². The summed E-state index contributed by atoms with van der Waals surface area (Å²) in [4.78, 5) is 28.9. The van der Waals surface area contributed by atoms with Gasteiger partial charge in [0.05, 0.1) is 11.3 Å². The van der Waals surface area contributed by atoms with Crippen molar-refractivity contribution in [1.29, 1.82) is 0 Å². The van der Waals surface area contributed by atoms with Crippen LogP contribution in [0.4, 0.5) is 5.69 Å². The van der Waals surface area contributed by atoms with Crippen molar-refractivity contribution in [2.75, 3.05) is 5.32 Å². The van der Waals surface area contributed by atoms with Gasteiger partial charge in [-0.25, -0.2) is 9.78 Å². The quantitative estimate of drug-likeness (QED) is 0.454. The van der Waals surface area contributed by atoms with Crippen LogP contribution in [0.2, 0.25) is 5.15 Å². The van der Waals surface area contributed by atoms with Crippen molar-refractivity contribution in [2.24, 2.45) is 0 Å². The summed E-state index contributed by atoms with van der Waals surface area (Å²) in [6, 6.07) is 20.6. The monoisotopic (exact) mass is 408 g/mol. The highest BCUT2D eigenvalue weighted by atomic mass is 35.5. The summed E-state index contributed by atoms with van der Waals surface area (Å²) in [5, 5.41) is 2.79. The molecule has 1 unspecified atom stereocenters. The van der Waals surface area contributed by atoms with Crippen LogP contribution in [0.3, 0.4) is 0 Å². The summed E-state index contributed by atoms with van der Waals surface area (Å²) < 4.78 is 5.39. The molecule has 1 heterocycles. The molecule has 0 saturated carbocycles. The Morgan fingerprint density at radius 3 is 2.48 bits per heavy atom. The Bertz CT molecular complexity index is 992. The van der Waals surface area contributed by atoms with Gasteiger partial charge in [0.25, 0.3) is 5.91 Å². The second-order valence-corrected chi connectivity index (χ2v) is 6.88. The van der Waals surface area contributed by atoms with Crippen molar-refractivity contribution >= 4 is 29.2 Å². The van der Waals surface area contributed by atoms with Crippen molar-refractivity contribution in [3.05, 3.63) is 94.8 Å². The number of nitrogens with one attached hydrogen (secondary N) is 1. The first-order valence-electron chi connectivity index (χ1n) is 9.29. The first-order valence-corrected chi connectivity index (χ1v) is 9.66. The Balaban J connectivity index is 1.64. The van der Waals surface area contributed by atoms with E-state index in [9.17, 15) is 9.59 Å². The molecule has 5 nitrogen and oxygen atoms in total. The van der Waals surface area contributed by atoms with Gasteiger partial charge >= 0.3 is 5.97 Å². The number of halogens is 1. The van der Waals surface area contributed by atoms with Crippen LogP contribution < -0.4 is 5.32 Å². The van der Waals surface area contributed by atoms with E-state index in [1.54, 1.807) is 24.3 Å². The molecule has 148 valence electrons. The molecule has 3 rings (SSSR count). The maximum absolute atomic E-state index is 12.7. The second kappa shape index (κ2) is 9.85. The van der Waals surface area contributed by atoms with Crippen LogP contribution in [0, 0.1) is 0 Å². The number of amides is 1. The minimum atomic E-state index is -0.985. The molecule has 3 aromatic rings. The molecule has 0 radical (unpaired) electrons. The molecule has 6 heteroatoms. The Labute approximate surface area is 174 Å². The van der Waals surface area contributed by atoms with E-state index in [0.29, 0.717) is 17.7 Å². The first-order chi connectivity index (χ1) is 14.0. The normalized spacial score (nSPS) is 11.5. The topological polar surface area (TPSA) is 68.3 Å². The molecule has 0 spiro atoms. The zero-order valence-electron chi connectivity index (χ0n) is 16.0. The van der Waals surface area contributed by atoms with Crippen molar-refractivity contribution in [3.8, 4) is 0 Å². The number of carbonyl (C=O) groups excluding carboxylic acids is 2. The van der Waals surface area contributed by atoms with E-state index < -0.39 is 18.0 Å². The van der Waals surface area contributed by atoms with E-state index >= 15 is 0 Å². The zero-order chi connectivity index (χ0) is 20.6. The van der Waals surface area contributed by atoms with Crippen LogP contribution in [0.5, 0.6) is 0 Å². The van der Waals surface area contributed by atoms with Gasteiger partial charge in [0.1, 0.15) is 0 Å². The molecule has 0 aliphatic rings. The lowest BCUT2D eigenvalue weighted by Gasteiger charge is -2.15. The number of pyridine rings is 1. The number of rotatable bonds is 7. The first kappa shape index (κ1) is 20.6. The van der Waals surface area contributed by atoms with Crippen molar-refractivity contribution in [3.63, 3.8) is 0 Å². The van der Waals surface area contributed by atoms with Gasteiger partial charge in [-0.15, -0.1) is 0 Å². The molecule has 1 atom stereocenters. The van der Waals surface area contributed by atoms with E-state index in [4.69, 9.17) is 16.3 Å². The third-order valence-electron chi connectivity index (χ3n) is 4.43. The van der Waals surface area contributed by atoms with Crippen molar-refractivity contribution < 1.29 is 14.3 Å². The number of hydrogen-bond donors (Lipinski definition) is 1. The molecule has 1 amide bonds. The fourth-order valence-corrected chi connectivity index (χ4v) is 3.02. The number of ether oxygens (including phenoxy) is 1. The minimum absolute atomic E-state index is 0.172. The summed E-state index contributed by atoms with van der Waals surface area (Å²) in [5.41, 5.74) is 2.90. The van der Waals surface area contributed by atoms with E-state index in [1.165, 1.54) is 18.7 Å². The standard InChI is InChI=1S/C23H21ClN2O3/c1-16(22(27)26-20-12-7-15-25-21(20)24)29-23(28)19-11-6-5-10-18(19)14-13-17-8-3-2-4-9-17/h2-12,15-16H,13-14H2,1H3,(H,26,27). The predicted molar refractivity (Wildman–Crippen MR) is 113 cm³/mol. The third-order valence-corrected chi connectivity index (χ3v) is 4.73.